The Bertz CT molecular complexity index is 904. The number of aromatic amines is 1. The first-order chi connectivity index (χ1) is 13.3. The summed E-state index contributed by atoms with van der Waals surface area (Å²) >= 11 is 0. The number of carbonyl (C=O) groups is 1. The lowest BCUT2D eigenvalue weighted by Gasteiger charge is -2.27. The highest BCUT2D eigenvalue weighted by Crippen LogP contribution is 2.21. The van der Waals surface area contributed by atoms with Crippen LogP contribution in [0.1, 0.15) is 16.1 Å². The molecule has 0 radical (unpaired) electrons. The first-order valence-electron chi connectivity index (χ1n) is 8.95. The van der Waals surface area contributed by atoms with Crippen LogP contribution in [0.25, 0.3) is 11.3 Å². The second-order valence-corrected chi connectivity index (χ2v) is 6.33. The quantitative estimate of drug-likeness (QED) is 0.726. The average molecular weight is 363 g/mol. The maximum Gasteiger partial charge on any atom is 0.267 e. The number of amides is 1. The molecule has 3 heterocycles. The van der Waals surface area contributed by atoms with Crippen molar-refractivity contribution in [2.75, 3.05) is 31.2 Å². The summed E-state index contributed by atoms with van der Waals surface area (Å²) in [5.74, 6) is 0.675. The Kier molecular flexibility index (Phi) is 5.11. The fourth-order valence-electron chi connectivity index (χ4n) is 2.99. The van der Waals surface area contributed by atoms with Crippen LogP contribution in [0.2, 0.25) is 0 Å². The van der Waals surface area contributed by atoms with Crippen LogP contribution in [-0.2, 0) is 11.3 Å². The number of rotatable bonds is 5. The fourth-order valence-corrected chi connectivity index (χ4v) is 2.99. The maximum atomic E-state index is 12.4. The zero-order valence-electron chi connectivity index (χ0n) is 14.9. The van der Waals surface area contributed by atoms with Gasteiger partial charge in [0.15, 0.2) is 0 Å². The maximum absolute atomic E-state index is 12.4. The monoisotopic (exact) mass is 363 g/mol. The Labute approximate surface area is 157 Å². The molecule has 138 valence electrons. The Hall–Kier alpha value is -3.19. The molecule has 0 unspecified atom stereocenters. The van der Waals surface area contributed by atoms with Gasteiger partial charge in [0.2, 0.25) is 0 Å². The first-order valence-corrected chi connectivity index (χ1v) is 8.95. The van der Waals surface area contributed by atoms with Crippen LogP contribution in [0.15, 0.2) is 55.0 Å². The second-order valence-electron chi connectivity index (χ2n) is 6.33. The predicted octanol–water partition coefficient (Wildman–Crippen LogP) is 2.24. The van der Waals surface area contributed by atoms with E-state index < -0.39 is 0 Å². The molecule has 3 aromatic rings. The molecule has 0 saturated carbocycles. The molecule has 2 N–H and O–H groups in total. The minimum Gasteiger partial charge on any atom is -0.378 e. The van der Waals surface area contributed by atoms with E-state index in [2.05, 4.69) is 25.2 Å². The van der Waals surface area contributed by atoms with Gasteiger partial charge in [-0.2, -0.15) is 0 Å². The van der Waals surface area contributed by atoms with Crippen molar-refractivity contribution in [3.63, 3.8) is 0 Å². The third-order valence-electron chi connectivity index (χ3n) is 4.48. The third-order valence-corrected chi connectivity index (χ3v) is 4.48. The van der Waals surface area contributed by atoms with Crippen LogP contribution in [0.3, 0.4) is 0 Å². The smallest absolute Gasteiger partial charge is 0.267 e. The van der Waals surface area contributed by atoms with Gasteiger partial charge in [-0.25, -0.2) is 4.98 Å². The third kappa shape index (κ3) is 4.15. The minimum absolute atomic E-state index is 0.151. The fraction of sp³-hybridized carbons (Fsp3) is 0.250. The van der Waals surface area contributed by atoms with Crippen LogP contribution < -0.4 is 10.2 Å². The lowest BCUT2D eigenvalue weighted by Crippen LogP contribution is -2.36. The lowest BCUT2D eigenvalue weighted by molar-refractivity contribution is 0.0946. The van der Waals surface area contributed by atoms with E-state index >= 15 is 0 Å². The van der Waals surface area contributed by atoms with Crippen molar-refractivity contribution < 1.29 is 9.53 Å². The summed E-state index contributed by atoms with van der Waals surface area (Å²) in [6.45, 7) is 3.49. The molecular formula is C20H21N5O2. The number of aromatic nitrogens is 3. The van der Waals surface area contributed by atoms with Gasteiger partial charge in [-0.05, 0) is 11.6 Å². The summed E-state index contributed by atoms with van der Waals surface area (Å²) in [5.41, 5.74) is 3.13. The molecule has 4 rings (SSSR count). The average Bonchev–Trinajstić information content (AvgIpc) is 3.24. The van der Waals surface area contributed by atoms with Gasteiger partial charge < -0.3 is 19.9 Å². The van der Waals surface area contributed by atoms with E-state index in [0.29, 0.717) is 25.5 Å². The Morgan fingerprint density at radius 3 is 2.81 bits per heavy atom. The molecule has 27 heavy (non-hydrogen) atoms. The molecule has 0 aliphatic carbocycles. The SMILES string of the molecule is O=C(NCc1ccccc1)c1cc(-c2cncc(N3CCOCC3)n2)c[nH]1. The largest absolute Gasteiger partial charge is 0.378 e. The first kappa shape index (κ1) is 17.2. The number of anilines is 1. The van der Waals surface area contributed by atoms with E-state index in [1.165, 1.54) is 0 Å². The molecule has 2 aromatic heterocycles. The molecule has 7 nitrogen and oxygen atoms in total. The topological polar surface area (TPSA) is 83.1 Å². The molecule has 1 aromatic carbocycles. The number of carbonyl (C=O) groups excluding carboxylic acids is 1. The second kappa shape index (κ2) is 8.01. The van der Waals surface area contributed by atoms with Crippen molar-refractivity contribution >= 4 is 11.7 Å². The van der Waals surface area contributed by atoms with E-state index in [1.54, 1.807) is 24.7 Å². The molecule has 1 saturated heterocycles. The van der Waals surface area contributed by atoms with Gasteiger partial charge in [0, 0.05) is 31.4 Å². The molecule has 1 aliphatic rings. The van der Waals surface area contributed by atoms with Gasteiger partial charge in [-0.1, -0.05) is 30.3 Å². The number of H-pyrrole nitrogens is 1. The summed E-state index contributed by atoms with van der Waals surface area (Å²) in [7, 11) is 0. The Morgan fingerprint density at radius 1 is 1.19 bits per heavy atom. The van der Waals surface area contributed by atoms with E-state index in [0.717, 1.165) is 35.7 Å². The number of nitrogens with one attached hydrogen (secondary N) is 2. The summed E-state index contributed by atoms with van der Waals surface area (Å²) in [5, 5.41) is 2.91. The standard InChI is InChI=1S/C20H21N5O2/c26-20(23-11-15-4-2-1-3-5-15)17-10-16(12-22-17)18-13-21-14-19(24-18)25-6-8-27-9-7-25/h1-5,10,12-14,22H,6-9,11H2,(H,23,26). The van der Waals surface area contributed by atoms with Gasteiger partial charge in [-0.3, -0.25) is 9.78 Å². The van der Waals surface area contributed by atoms with Crippen LogP contribution in [0.5, 0.6) is 0 Å². The van der Waals surface area contributed by atoms with Crippen molar-refractivity contribution in [2.45, 2.75) is 6.54 Å². The van der Waals surface area contributed by atoms with Gasteiger partial charge in [0.1, 0.15) is 11.5 Å². The highest BCUT2D eigenvalue weighted by atomic mass is 16.5. The summed E-state index contributed by atoms with van der Waals surface area (Å²) in [6, 6.07) is 11.6. The molecule has 0 bridgehead atoms. The number of hydrogen-bond acceptors (Lipinski definition) is 5. The van der Waals surface area contributed by atoms with Gasteiger partial charge >= 0.3 is 0 Å². The van der Waals surface area contributed by atoms with Crippen molar-refractivity contribution in [2.24, 2.45) is 0 Å². The zero-order valence-corrected chi connectivity index (χ0v) is 14.9. The highest BCUT2D eigenvalue weighted by molar-refractivity contribution is 5.93. The van der Waals surface area contributed by atoms with Crippen LogP contribution in [0.4, 0.5) is 5.82 Å². The van der Waals surface area contributed by atoms with Crippen molar-refractivity contribution in [1.82, 2.24) is 20.3 Å². The van der Waals surface area contributed by atoms with E-state index in [1.807, 2.05) is 30.3 Å². The van der Waals surface area contributed by atoms with Crippen LogP contribution >= 0.6 is 0 Å². The molecule has 1 fully saturated rings. The Balaban J connectivity index is 1.45. The van der Waals surface area contributed by atoms with Gasteiger partial charge in [-0.15, -0.1) is 0 Å². The molecular weight excluding hydrogens is 342 g/mol. The number of ether oxygens (including phenoxy) is 1. The molecule has 7 heteroatoms. The van der Waals surface area contributed by atoms with Crippen LogP contribution in [0, 0.1) is 0 Å². The van der Waals surface area contributed by atoms with Crippen molar-refractivity contribution in [3.8, 4) is 11.3 Å². The number of benzene rings is 1. The number of morpholine rings is 1. The van der Waals surface area contributed by atoms with Crippen LogP contribution in [-0.4, -0.2) is 47.2 Å². The summed E-state index contributed by atoms with van der Waals surface area (Å²) < 4.78 is 5.38. The van der Waals surface area contributed by atoms with Gasteiger partial charge in [0.25, 0.3) is 5.91 Å². The van der Waals surface area contributed by atoms with E-state index in [4.69, 9.17) is 4.74 Å². The van der Waals surface area contributed by atoms with Gasteiger partial charge in [0.05, 0.1) is 31.3 Å². The summed E-state index contributed by atoms with van der Waals surface area (Å²) in [6.07, 6.45) is 5.25. The minimum atomic E-state index is -0.151. The normalized spacial score (nSPS) is 14.1. The molecule has 1 amide bonds. The molecule has 1 aliphatic heterocycles. The predicted molar refractivity (Wildman–Crippen MR) is 102 cm³/mol. The molecule has 0 spiro atoms. The highest BCUT2D eigenvalue weighted by Gasteiger charge is 2.15. The van der Waals surface area contributed by atoms with E-state index in [-0.39, 0.29) is 5.91 Å². The Morgan fingerprint density at radius 2 is 2.00 bits per heavy atom. The van der Waals surface area contributed by atoms with E-state index in [9.17, 15) is 4.79 Å². The zero-order chi connectivity index (χ0) is 18.5. The summed E-state index contributed by atoms with van der Waals surface area (Å²) in [4.78, 5) is 26.6. The molecule has 0 atom stereocenters. The number of nitrogens with zero attached hydrogens (tertiary/aromatic N) is 3. The lowest BCUT2D eigenvalue weighted by atomic mass is 10.2. The number of hydrogen-bond donors (Lipinski definition) is 2. The van der Waals surface area contributed by atoms with Crippen molar-refractivity contribution in [1.29, 1.82) is 0 Å². The van der Waals surface area contributed by atoms with Crippen molar-refractivity contribution in [3.05, 3.63) is 66.2 Å².